The van der Waals surface area contributed by atoms with Crippen molar-refractivity contribution in [1.82, 2.24) is 4.98 Å². The highest BCUT2D eigenvalue weighted by Gasteiger charge is 2.25. The number of nitrogens with two attached hydrogens (primary N) is 1. The fraction of sp³-hybridized carbons (Fsp3) is 0.500. The Bertz CT molecular complexity index is 569. The summed E-state index contributed by atoms with van der Waals surface area (Å²) in [5.41, 5.74) is 8.06. The fourth-order valence-electron chi connectivity index (χ4n) is 2.71. The zero-order valence-corrected chi connectivity index (χ0v) is 11.9. The zero-order valence-electron chi connectivity index (χ0n) is 11.1. The molecule has 0 aliphatic heterocycles. The molecule has 2 unspecified atom stereocenters. The Hall–Kier alpha value is -1.36. The molecular weight excluding hydrogens is 258 g/mol. The maximum absolute atomic E-state index is 5.75. The summed E-state index contributed by atoms with van der Waals surface area (Å²) >= 11 is 1.93. The Morgan fingerprint density at radius 2 is 2.21 bits per heavy atom. The van der Waals surface area contributed by atoms with Gasteiger partial charge >= 0.3 is 0 Å². The molecule has 3 N–H and O–H groups in total. The summed E-state index contributed by atoms with van der Waals surface area (Å²) in [6, 6.07) is 6.63. The van der Waals surface area contributed by atoms with Crippen LogP contribution >= 0.6 is 11.8 Å². The largest absolute Gasteiger partial charge is 0.423 e. The smallest absolute Gasteiger partial charge is 0.295 e. The molecule has 1 aliphatic carbocycles. The standard InChI is InChI=1S/C14H19N3OS/c1-19-13-5-3-2-4-11(13)17-14-16-10-7-6-9(15)8-12(10)18-14/h6-8,11,13H,2-5,15H2,1H3,(H,16,17). The Balaban J connectivity index is 1.80. The quantitative estimate of drug-likeness (QED) is 0.841. The van der Waals surface area contributed by atoms with Crippen molar-refractivity contribution in [3.63, 3.8) is 0 Å². The molecule has 0 radical (unpaired) electrons. The summed E-state index contributed by atoms with van der Waals surface area (Å²) < 4.78 is 5.73. The van der Waals surface area contributed by atoms with E-state index < -0.39 is 0 Å². The summed E-state index contributed by atoms with van der Waals surface area (Å²) in [7, 11) is 0. The minimum Gasteiger partial charge on any atom is -0.423 e. The van der Waals surface area contributed by atoms with Gasteiger partial charge in [-0.2, -0.15) is 16.7 Å². The molecule has 4 nitrogen and oxygen atoms in total. The lowest BCUT2D eigenvalue weighted by molar-refractivity contribution is 0.462. The molecule has 3 rings (SSSR count). The Labute approximate surface area is 117 Å². The van der Waals surface area contributed by atoms with E-state index >= 15 is 0 Å². The van der Waals surface area contributed by atoms with Crippen molar-refractivity contribution >= 4 is 34.6 Å². The molecule has 19 heavy (non-hydrogen) atoms. The van der Waals surface area contributed by atoms with E-state index in [0.29, 0.717) is 23.0 Å². The van der Waals surface area contributed by atoms with Gasteiger partial charge in [0.05, 0.1) is 0 Å². The van der Waals surface area contributed by atoms with E-state index in [4.69, 9.17) is 10.2 Å². The van der Waals surface area contributed by atoms with Crippen LogP contribution in [0.3, 0.4) is 0 Å². The van der Waals surface area contributed by atoms with Crippen molar-refractivity contribution in [1.29, 1.82) is 0 Å². The number of fused-ring (bicyclic) bond motifs is 1. The average Bonchev–Trinajstić information content (AvgIpc) is 2.80. The van der Waals surface area contributed by atoms with Gasteiger partial charge in [-0.15, -0.1) is 0 Å². The molecular formula is C14H19N3OS. The molecule has 0 spiro atoms. The Kier molecular flexibility index (Phi) is 3.55. The van der Waals surface area contributed by atoms with Gasteiger partial charge in [-0.25, -0.2) is 0 Å². The van der Waals surface area contributed by atoms with Gasteiger partial charge < -0.3 is 15.5 Å². The number of oxazole rings is 1. The predicted molar refractivity (Wildman–Crippen MR) is 81.6 cm³/mol. The molecule has 102 valence electrons. The Morgan fingerprint density at radius 3 is 3.05 bits per heavy atom. The van der Waals surface area contributed by atoms with Crippen molar-refractivity contribution < 1.29 is 4.42 Å². The van der Waals surface area contributed by atoms with Gasteiger partial charge in [-0.3, -0.25) is 0 Å². The monoisotopic (exact) mass is 277 g/mol. The highest BCUT2D eigenvalue weighted by atomic mass is 32.2. The molecule has 0 saturated heterocycles. The second-order valence-electron chi connectivity index (χ2n) is 5.06. The van der Waals surface area contributed by atoms with Crippen molar-refractivity contribution in [2.24, 2.45) is 0 Å². The van der Waals surface area contributed by atoms with Crippen LogP contribution in [0.2, 0.25) is 0 Å². The molecule has 1 aromatic carbocycles. The van der Waals surface area contributed by atoms with Crippen molar-refractivity contribution in [2.45, 2.75) is 37.0 Å². The average molecular weight is 277 g/mol. The van der Waals surface area contributed by atoms with Crippen LogP contribution in [0.25, 0.3) is 11.1 Å². The van der Waals surface area contributed by atoms with E-state index in [1.807, 2.05) is 30.0 Å². The number of hydrogen-bond acceptors (Lipinski definition) is 5. The Morgan fingerprint density at radius 1 is 1.37 bits per heavy atom. The first kappa shape index (κ1) is 12.7. The first-order valence-corrected chi connectivity index (χ1v) is 8.00. The van der Waals surface area contributed by atoms with Crippen LogP contribution in [0, 0.1) is 0 Å². The predicted octanol–water partition coefficient (Wildman–Crippen LogP) is 3.50. The number of benzene rings is 1. The molecule has 2 atom stereocenters. The molecule has 1 fully saturated rings. The lowest BCUT2D eigenvalue weighted by Crippen LogP contribution is -2.34. The van der Waals surface area contributed by atoms with Gasteiger partial charge in [0.15, 0.2) is 5.58 Å². The van der Waals surface area contributed by atoms with Crippen molar-refractivity contribution in [3.05, 3.63) is 18.2 Å². The maximum atomic E-state index is 5.75. The molecule has 2 aromatic rings. The number of nitrogen functional groups attached to an aromatic ring is 1. The second kappa shape index (κ2) is 5.33. The van der Waals surface area contributed by atoms with E-state index in [2.05, 4.69) is 16.6 Å². The molecule has 1 aromatic heterocycles. The van der Waals surface area contributed by atoms with E-state index in [-0.39, 0.29) is 0 Å². The third-order valence-corrected chi connectivity index (χ3v) is 4.90. The van der Waals surface area contributed by atoms with Crippen molar-refractivity contribution in [3.8, 4) is 0 Å². The normalized spacial score (nSPS) is 23.6. The lowest BCUT2D eigenvalue weighted by atomic mass is 9.95. The first-order valence-electron chi connectivity index (χ1n) is 6.71. The lowest BCUT2D eigenvalue weighted by Gasteiger charge is -2.30. The molecule has 0 bridgehead atoms. The van der Waals surface area contributed by atoms with E-state index in [0.717, 1.165) is 11.1 Å². The number of thioether (sulfide) groups is 1. The van der Waals surface area contributed by atoms with Crippen LogP contribution < -0.4 is 11.1 Å². The third-order valence-electron chi connectivity index (χ3n) is 3.73. The number of anilines is 2. The summed E-state index contributed by atoms with van der Waals surface area (Å²) in [4.78, 5) is 4.47. The highest BCUT2D eigenvalue weighted by Crippen LogP contribution is 2.30. The van der Waals surface area contributed by atoms with Gasteiger partial charge in [0.1, 0.15) is 5.52 Å². The van der Waals surface area contributed by atoms with Crippen LogP contribution in [0.15, 0.2) is 22.6 Å². The van der Waals surface area contributed by atoms with Crippen LogP contribution in [-0.2, 0) is 0 Å². The molecule has 1 saturated carbocycles. The topological polar surface area (TPSA) is 64.1 Å². The fourth-order valence-corrected chi connectivity index (χ4v) is 3.64. The number of rotatable bonds is 3. The number of nitrogens with zero attached hydrogens (tertiary/aromatic N) is 1. The SMILES string of the molecule is CSC1CCCCC1Nc1nc2ccc(N)cc2o1. The van der Waals surface area contributed by atoms with Crippen molar-refractivity contribution in [2.75, 3.05) is 17.3 Å². The van der Waals surface area contributed by atoms with Gasteiger partial charge in [-0.05, 0) is 31.2 Å². The summed E-state index contributed by atoms with van der Waals surface area (Å²) in [5, 5.41) is 4.10. The number of hydrogen-bond donors (Lipinski definition) is 2. The first-order chi connectivity index (χ1) is 9.26. The van der Waals surface area contributed by atoms with Crippen LogP contribution in [-0.4, -0.2) is 22.5 Å². The van der Waals surface area contributed by atoms with Crippen LogP contribution in [0.5, 0.6) is 0 Å². The minimum absolute atomic E-state index is 0.453. The second-order valence-corrected chi connectivity index (χ2v) is 6.13. The van der Waals surface area contributed by atoms with Gasteiger partial charge in [0, 0.05) is 23.0 Å². The highest BCUT2D eigenvalue weighted by molar-refractivity contribution is 7.99. The minimum atomic E-state index is 0.453. The molecule has 0 amide bonds. The third kappa shape index (κ3) is 2.66. The maximum Gasteiger partial charge on any atom is 0.295 e. The number of nitrogens with one attached hydrogen (secondary N) is 1. The molecule has 1 aliphatic rings. The van der Waals surface area contributed by atoms with Crippen LogP contribution in [0.4, 0.5) is 11.7 Å². The van der Waals surface area contributed by atoms with Crippen LogP contribution in [0.1, 0.15) is 25.7 Å². The zero-order chi connectivity index (χ0) is 13.2. The summed E-state index contributed by atoms with van der Waals surface area (Å²) in [6.45, 7) is 0. The van der Waals surface area contributed by atoms with E-state index in [1.165, 1.54) is 25.7 Å². The summed E-state index contributed by atoms with van der Waals surface area (Å²) in [6.07, 6.45) is 7.24. The van der Waals surface area contributed by atoms with Gasteiger partial charge in [0.25, 0.3) is 6.01 Å². The van der Waals surface area contributed by atoms with E-state index in [9.17, 15) is 0 Å². The van der Waals surface area contributed by atoms with Gasteiger partial charge in [-0.1, -0.05) is 12.8 Å². The van der Waals surface area contributed by atoms with E-state index in [1.54, 1.807) is 0 Å². The molecule has 1 heterocycles. The number of aromatic nitrogens is 1. The molecule has 5 heteroatoms. The summed E-state index contributed by atoms with van der Waals surface area (Å²) in [5.74, 6) is 0. The van der Waals surface area contributed by atoms with Gasteiger partial charge in [0.2, 0.25) is 0 Å².